The van der Waals surface area contributed by atoms with Gasteiger partial charge in [0, 0.05) is 19.7 Å². The minimum atomic E-state index is -0.881. The van der Waals surface area contributed by atoms with Gasteiger partial charge in [0.25, 0.3) is 11.6 Å². The van der Waals surface area contributed by atoms with Crippen molar-refractivity contribution < 1.29 is 23.6 Å². The molecule has 0 saturated heterocycles. The van der Waals surface area contributed by atoms with E-state index in [9.17, 15) is 24.1 Å². The molecule has 0 spiro atoms. The summed E-state index contributed by atoms with van der Waals surface area (Å²) in [6.45, 7) is -0.323. The Balaban J connectivity index is 1.93. The topological polar surface area (TPSA) is 89.8 Å². The van der Waals surface area contributed by atoms with Gasteiger partial charge in [-0.25, -0.2) is 9.18 Å². The Morgan fingerprint density at radius 1 is 1.23 bits per heavy atom. The van der Waals surface area contributed by atoms with Crippen LogP contribution in [-0.4, -0.2) is 35.4 Å². The second-order valence-electron chi connectivity index (χ2n) is 5.38. The van der Waals surface area contributed by atoms with Gasteiger partial charge in [-0.1, -0.05) is 23.7 Å². The van der Waals surface area contributed by atoms with E-state index in [1.165, 1.54) is 48.3 Å². The van der Waals surface area contributed by atoms with E-state index in [4.69, 9.17) is 16.3 Å². The largest absolute Gasteiger partial charge is 0.452 e. The summed E-state index contributed by atoms with van der Waals surface area (Å²) in [5.41, 5.74) is 0.192. The lowest BCUT2D eigenvalue weighted by Crippen LogP contribution is -2.30. The number of nitro benzene ring substituents is 1. The van der Waals surface area contributed by atoms with Crippen molar-refractivity contribution in [1.82, 2.24) is 4.90 Å². The summed E-state index contributed by atoms with van der Waals surface area (Å²) in [5.74, 6) is -1.74. The van der Waals surface area contributed by atoms with Gasteiger partial charge >= 0.3 is 5.97 Å². The molecule has 136 valence electrons. The van der Waals surface area contributed by atoms with Gasteiger partial charge in [0.2, 0.25) is 0 Å². The number of benzene rings is 2. The zero-order valence-corrected chi connectivity index (χ0v) is 14.4. The third-order valence-electron chi connectivity index (χ3n) is 3.46. The first kappa shape index (κ1) is 19.3. The van der Waals surface area contributed by atoms with Gasteiger partial charge in [-0.15, -0.1) is 0 Å². The van der Waals surface area contributed by atoms with Gasteiger partial charge < -0.3 is 9.64 Å². The van der Waals surface area contributed by atoms with Crippen LogP contribution in [0.25, 0.3) is 0 Å². The quantitative estimate of drug-likeness (QED) is 0.436. The van der Waals surface area contributed by atoms with E-state index in [1.54, 1.807) is 0 Å². The van der Waals surface area contributed by atoms with Crippen molar-refractivity contribution in [2.45, 2.75) is 6.54 Å². The van der Waals surface area contributed by atoms with E-state index < -0.39 is 29.1 Å². The predicted octanol–water partition coefficient (Wildman–Crippen LogP) is 3.20. The molecule has 0 atom stereocenters. The van der Waals surface area contributed by atoms with E-state index in [0.29, 0.717) is 5.56 Å². The first-order valence-corrected chi connectivity index (χ1v) is 7.75. The molecule has 0 fully saturated rings. The number of rotatable bonds is 6. The minimum Gasteiger partial charge on any atom is -0.452 e. The van der Waals surface area contributed by atoms with E-state index in [1.807, 2.05) is 0 Å². The number of hydrogen-bond acceptors (Lipinski definition) is 5. The molecule has 0 radical (unpaired) electrons. The van der Waals surface area contributed by atoms with Crippen molar-refractivity contribution in [3.8, 4) is 0 Å². The third kappa shape index (κ3) is 5.00. The average Bonchev–Trinajstić information content (AvgIpc) is 2.61. The number of esters is 1. The van der Waals surface area contributed by atoms with Gasteiger partial charge in [0.05, 0.1) is 10.5 Å². The van der Waals surface area contributed by atoms with Gasteiger partial charge in [0.1, 0.15) is 10.8 Å². The lowest BCUT2D eigenvalue weighted by atomic mass is 10.2. The van der Waals surface area contributed by atoms with Crippen molar-refractivity contribution in [1.29, 1.82) is 0 Å². The fourth-order valence-electron chi connectivity index (χ4n) is 2.05. The molecule has 0 unspecified atom stereocenters. The second-order valence-corrected chi connectivity index (χ2v) is 5.78. The van der Waals surface area contributed by atoms with Crippen LogP contribution in [0.2, 0.25) is 5.02 Å². The maximum Gasteiger partial charge on any atom is 0.338 e. The van der Waals surface area contributed by atoms with Crippen LogP contribution in [0.4, 0.5) is 10.1 Å². The lowest BCUT2D eigenvalue weighted by Gasteiger charge is -2.17. The molecule has 26 heavy (non-hydrogen) atoms. The van der Waals surface area contributed by atoms with E-state index in [-0.39, 0.29) is 22.9 Å². The molecule has 0 aliphatic carbocycles. The summed E-state index contributed by atoms with van der Waals surface area (Å²) in [4.78, 5) is 35.4. The van der Waals surface area contributed by atoms with E-state index in [0.717, 1.165) is 6.07 Å². The molecule has 2 rings (SSSR count). The average molecular weight is 381 g/mol. The standard InChI is InChI=1S/C17H14ClFN2O5/c1-20(9-11-2-5-13(19)6-3-11)16(22)10-26-17(23)12-4-7-14(18)15(8-12)21(24)25/h2-8H,9-10H2,1H3. The smallest absolute Gasteiger partial charge is 0.338 e. The van der Waals surface area contributed by atoms with Crippen LogP contribution in [0.15, 0.2) is 42.5 Å². The van der Waals surface area contributed by atoms with Crippen LogP contribution < -0.4 is 0 Å². The van der Waals surface area contributed by atoms with Crippen molar-refractivity contribution in [2.75, 3.05) is 13.7 Å². The highest BCUT2D eigenvalue weighted by atomic mass is 35.5. The molecule has 0 aliphatic heterocycles. The molecule has 2 aromatic carbocycles. The minimum absolute atomic E-state index is 0.0879. The zero-order chi connectivity index (χ0) is 19.3. The van der Waals surface area contributed by atoms with Gasteiger partial charge in [0.15, 0.2) is 6.61 Å². The monoisotopic (exact) mass is 380 g/mol. The number of amides is 1. The Bertz CT molecular complexity index is 842. The number of nitro groups is 1. The molecular formula is C17H14ClFN2O5. The summed E-state index contributed by atoms with van der Waals surface area (Å²) in [6, 6.07) is 9.10. The van der Waals surface area contributed by atoms with Crippen molar-refractivity contribution in [3.63, 3.8) is 0 Å². The van der Waals surface area contributed by atoms with Crippen LogP contribution in [0, 0.1) is 15.9 Å². The fourth-order valence-corrected chi connectivity index (χ4v) is 2.24. The van der Waals surface area contributed by atoms with Crippen LogP contribution in [0.1, 0.15) is 15.9 Å². The fraction of sp³-hybridized carbons (Fsp3) is 0.176. The highest BCUT2D eigenvalue weighted by Crippen LogP contribution is 2.25. The third-order valence-corrected chi connectivity index (χ3v) is 3.78. The van der Waals surface area contributed by atoms with Gasteiger partial charge in [-0.05, 0) is 29.8 Å². The van der Waals surface area contributed by atoms with E-state index in [2.05, 4.69) is 0 Å². The molecule has 0 N–H and O–H groups in total. The molecule has 0 aromatic heterocycles. The number of carbonyl (C=O) groups excluding carboxylic acids is 2. The van der Waals surface area contributed by atoms with Crippen LogP contribution in [-0.2, 0) is 16.1 Å². The molecule has 9 heteroatoms. The SMILES string of the molecule is CN(Cc1ccc(F)cc1)C(=O)COC(=O)c1ccc(Cl)c([N+](=O)[O-])c1. The summed E-state index contributed by atoms with van der Waals surface area (Å²) in [5, 5.41) is 10.7. The number of halogens is 2. The number of carbonyl (C=O) groups is 2. The maximum absolute atomic E-state index is 12.9. The first-order valence-electron chi connectivity index (χ1n) is 7.37. The molecule has 0 aliphatic rings. The maximum atomic E-state index is 12.9. The summed E-state index contributed by atoms with van der Waals surface area (Å²) < 4.78 is 17.8. The Kier molecular flexibility index (Phi) is 6.24. The van der Waals surface area contributed by atoms with Crippen molar-refractivity contribution >= 4 is 29.2 Å². The highest BCUT2D eigenvalue weighted by Gasteiger charge is 2.19. The number of ether oxygens (including phenoxy) is 1. The molecule has 2 aromatic rings. The Morgan fingerprint density at radius 3 is 2.50 bits per heavy atom. The highest BCUT2D eigenvalue weighted by molar-refractivity contribution is 6.32. The Hall–Kier alpha value is -3.00. The van der Waals surface area contributed by atoms with E-state index >= 15 is 0 Å². The van der Waals surface area contributed by atoms with Crippen molar-refractivity contribution in [3.05, 3.63) is 74.5 Å². The molecule has 0 heterocycles. The Labute approximate surface area is 153 Å². The summed E-state index contributed by atoms with van der Waals surface area (Å²) >= 11 is 5.67. The van der Waals surface area contributed by atoms with Crippen LogP contribution in [0.3, 0.4) is 0 Å². The number of hydrogen-bond donors (Lipinski definition) is 0. The number of likely N-dealkylation sites (N-methyl/N-ethyl adjacent to an activating group) is 1. The van der Waals surface area contributed by atoms with Crippen LogP contribution >= 0.6 is 11.6 Å². The molecule has 7 nitrogen and oxygen atoms in total. The Morgan fingerprint density at radius 2 is 1.88 bits per heavy atom. The normalized spacial score (nSPS) is 10.3. The summed E-state index contributed by atoms with van der Waals surface area (Å²) in [6.07, 6.45) is 0. The predicted molar refractivity (Wildman–Crippen MR) is 91.3 cm³/mol. The first-order chi connectivity index (χ1) is 12.3. The molecular weight excluding hydrogens is 367 g/mol. The van der Waals surface area contributed by atoms with Gasteiger partial charge in [-0.3, -0.25) is 14.9 Å². The molecule has 1 amide bonds. The zero-order valence-electron chi connectivity index (χ0n) is 13.6. The summed E-state index contributed by atoms with van der Waals surface area (Å²) in [7, 11) is 1.51. The van der Waals surface area contributed by atoms with Crippen LogP contribution in [0.5, 0.6) is 0 Å². The molecule has 0 saturated carbocycles. The van der Waals surface area contributed by atoms with Gasteiger partial charge in [-0.2, -0.15) is 0 Å². The lowest BCUT2D eigenvalue weighted by molar-refractivity contribution is -0.384. The second kappa shape index (κ2) is 8.39. The van der Waals surface area contributed by atoms with Crippen molar-refractivity contribution in [2.24, 2.45) is 0 Å². The number of nitrogens with zero attached hydrogens (tertiary/aromatic N) is 2. The molecule has 0 bridgehead atoms.